The van der Waals surface area contributed by atoms with Crippen LogP contribution in [0.25, 0.3) is 0 Å². The molecular formula is C14H20ClNO2. The van der Waals surface area contributed by atoms with Crippen LogP contribution in [0, 0.1) is 0 Å². The van der Waals surface area contributed by atoms with Crippen LogP contribution in [0.3, 0.4) is 0 Å². The van der Waals surface area contributed by atoms with Crippen molar-refractivity contribution in [3.63, 3.8) is 0 Å². The highest BCUT2D eigenvalue weighted by molar-refractivity contribution is 6.30. The quantitative estimate of drug-likeness (QED) is 0.913. The van der Waals surface area contributed by atoms with Gasteiger partial charge in [-0.05, 0) is 24.1 Å². The SMILES string of the molecule is COC1(C(N)Cc2cccc(Cl)c2)CCOCC1. The fraction of sp³-hybridized carbons (Fsp3) is 0.571. The highest BCUT2D eigenvalue weighted by atomic mass is 35.5. The van der Waals surface area contributed by atoms with E-state index in [0.717, 1.165) is 43.1 Å². The summed E-state index contributed by atoms with van der Waals surface area (Å²) in [5.41, 5.74) is 7.24. The molecule has 1 aromatic rings. The van der Waals surface area contributed by atoms with Gasteiger partial charge in [-0.1, -0.05) is 23.7 Å². The van der Waals surface area contributed by atoms with Gasteiger partial charge in [0.15, 0.2) is 0 Å². The van der Waals surface area contributed by atoms with Gasteiger partial charge in [0.1, 0.15) is 0 Å². The van der Waals surface area contributed by atoms with E-state index in [1.54, 1.807) is 7.11 Å². The Morgan fingerprint density at radius 1 is 1.44 bits per heavy atom. The molecule has 0 aromatic heterocycles. The van der Waals surface area contributed by atoms with E-state index in [2.05, 4.69) is 6.07 Å². The normalized spacial score (nSPS) is 20.6. The molecule has 100 valence electrons. The third-order valence-corrected chi connectivity index (χ3v) is 4.00. The summed E-state index contributed by atoms with van der Waals surface area (Å²) in [6.45, 7) is 1.44. The predicted octanol–water partition coefficient (Wildman–Crippen LogP) is 2.41. The molecule has 1 unspecified atom stereocenters. The van der Waals surface area contributed by atoms with Crippen LogP contribution in [-0.4, -0.2) is 32.0 Å². The first-order valence-electron chi connectivity index (χ1n) is 6.29. The molecular weight excluding hydrogens is 250 g/mol. The molecule has 0 saturated carbocycles. The van der Waals surface area contributed by atoms with Crippen LogP contribution in [0.2, 0.25) is 5.02 Å². The lowest BCUT2D eigenvalue weighted by Crippen LogP contribution is -2.53. The van der Waals surface area contributed by atoms with Crippen molar-refractivity contribution in [3.05, 3.63) is 34.9 Å². The molecule has 0 spiro atoms. The molecule has 0 radical (unpaired) electrons. The van der Waals surface area contributed by atoms with E-state index < -0.39 is 0 Å². The van der Waals surface area contributed by atoms with Crippen LogP contribution in [0.1, 0.15) is 18.4 Å². The Bertz CT molecular complexity index is 391. The minimum Gasteiger partial charge on any atom is -0.381 e. The van der Waals surface area contributed by atoms with Gasteiger partial charge in [0.05, 0.1) is 5.60 Å². The van der Waals surface area contributed by atoms with Crippen molar-refractivity contribution in [3.8, 4) is 0 Å². The lowest BCUT2D eigenvalue weighted by molar-refractivity contribution is -0.103. The number of rotatable bonds is 4. The first-order chi connectivity index (χ1) is 8.66. The van der Waals surface area contributed by atoms with E-state index in [1.165, 1.54) is 0 Å². The fourth-order valence-corrected chi connectivity index (χ4v) is 2.76. The van der Waals surface area contributed by atoms with Gasteiger partial charge >= 0.3 is 0 Å². The summed E-state index contributed by atoms with van der Waals surface area (Å²) in [6, 6.07) is 7.80. The molecule has 18 heavy (non-hydrogen) atoms. The summed E-state index contributed by atoms with van der Waals surface area (Å²) in [5.74, 6) is 0. The van der Waals surface area contributed by atoms with Crippen molar-refractivity contribution in [1.82, 2.24) is 0 Å². The Morgan fingerprint density at radius 3 is 2.78 bits per heavy atom. The van der Waals surface area contributed by atoms with Crippen molar-refractivity contribution in [2.75, 3.05) is 20.3 Å². The van der Waals surface area contributed by atoms with Crippen LogP contribution < -0.4 is 5.73 Å². The van der Waals surface area contributed by atoms with E-state index in [9.17, 15) is 0 Å². The van der Waals surface area contributed by atoms with Crippen molar-refractivity contribution in [2.45, 2.75) is 30.9 Å². The molecule has 4 heteroatoms. The fourth-order valence-electron chi connectivity index (χ4n) is 2.55. The maximum Gasteiger partial charge on any atom is 0.0875 e. The second-order valence-electron chi connectivity index (χ2n) is 4.82. The molecule has 1 aliphatic heterocycles. The Labute approximate surface area is 113 Å². The van der Waals surface area contributed by atoms with Crippen LogP contribution in [0.5, 0.6) is 0 Å². The van der Waals surface area contributed by atoms with Gasteiger partial charge < -0.3 is 15.2 Å². The van der Waals surface area contributed by atoms with E-state index in [0.29, 0.717) is 0 Å². The van der Waals surface area contributed by atoms with Gasteiger partial charge in [0, 0.05) is 44.2 Å². The number of ether oxygens (including phenoxy) is 2. The van der Waals surface area contributed by atoms with E-state index in [4.69, 9.17) is 26.8 Å². The van der Waals surface area contributed by atoms with E-state index >= 15 is 0 Å². The van der Waals surface area contributed by atoms with Crippen molar-refractivity contribution < 1.29 is 9.47 Å². The second-order valence-corrected chi connectivity index (χ2v) is 5.26. The number of hydrogen-bond donors (Lipinski definition) is 1. The second kappa shape index (κ2) is 6.02. The average molecular weight is 270 g/mol. The van der Waals surface area contributed by atoms with Crippen LogP contribution in [0.4, 0.5) is 0 Å². The standard InChI is InChI=1S/C14H20ClNO2/c1-17-14(5-7-18-8-6-14)13(16)10-11-3-2-4-12(15)9-11/h2-4,9,13H,5-8,10,16H2,1H3. The molecule has 2 rings (SSSR count). The zero-order valence-electron chi connectivity index (χ0n) is 10.7. The molecule has 3 nitrogen and oxygen atoms in total. The summed E-state index contributed by atoms with van der Waals surface area (Å²) in [6.07, 6.45) is 2.48. The molecule has 1 saturated heterocycles. The van der Waals surface area contributed by atoms with E-state index in [-0.39, 0.29) is 11.6 Å². The topological polar surface area (TPSA) is 44.5 Å². The minimum absolute atomic E-state index is 0.0372. The molecule has 0 amide bonds. The maximum atomic E-state index is 6.35. The number of hydrogen-bond acceptors (Lipinski definition) is 3. The molecule has 0 aliphatic carbocycles. The number of nitrogens with two attached hydrogens (primary N) is 1. The minimum atomic E-state index is -0.263. The van der Waals surface area contributed by atoms with Crippen molar-refractivity contribution >= 4 is 11.6 Å². The zero-order valence-corrected chi connectivity index (χ0v) is 11.5. The zero-order chi connectivity index (χ0) is 13.0. The molecule has 1 atom stereocenters. The summed E-state index contributed by atoms with van der Waals surface area (Å²) < 4.78 is 11.1. The van der Waals surface area contributed by atoms with Crippen LogP contribution >= 0.6 is 11.6 Å². The smallest absolute Gasteiger partial charge is 0.0875 e. The van der Waals surface area contributed by atoms with Gasteiger partial charge in [0.25, 0.3) is 0 Å². The summed E-state index contributed by atoms with van der Waals surface area (Å²) >= 11 is 5.99. The number of methoxy groups -OCH3 is 1. The maximum absolute atomic E-state index is 6.35. The lowest BCUT2D eigenvalue weighted by atomic mass is 9.83. The third-order valence-electron chi connectivity index (χ3n) is 3.77. The van der Waals surface area contributed by atoms with Gasteiger partial charge in [-0.25, -0.2) is 0 Å². The molecule has 1 heterocycles. The first kappa shape index (κ1) is 13.8. The highest BCUT2D eigenvalue weighted by Gasteiger charge is 2.38. The summed E-state index contributed by atoms with van der Waals surface area (Å²) in [5, 5.41) is 0.748. The predicted molar refractivity (Wildman–Crippen MR) is 72.9 cm³/mol. The van der Waals surface area contributed by atoms with Crippen molar-refractivity contribution in [1.29, 1.82) is 0 Å². The Balaban J connectivity index is 2.07. The molecule has 1 aliphatic rings. The first-order valence-corrected chi connectivity index (χ1v) is 6.67. The molecule has 1 fully saturated rings. The van der Waals surface area contributed by atoms with Gasteiger partial charge in [-0.3, -0.25) is 0 Å². The number of benzene rings is 1. The summed E-state index contributed by atoms with van der Waals surface area (Å²) in [7, 11) is 1.74. The lowest BCUT2D eigenvalue weighted by Gasteiger charge is -2.40. The van der Waals surface area contributed by atoms with Crippen LogP contribution in [0.15, 0.2) is 24.3 Å². The third kappa shape index (κ3) is 3.04. The van der Waals surface area contributed by atoms with E-state index in [1.807, 2.05) is 18.2 Å². The Kier molecular flexibility index (Phi) is 4.62. The monoisotopic (exact) mass is 269 g/mol. The van der Waals surface area contributed by atoms with Crippen molar-refractivity contribution in [2.24, 2.45) is 5.73 Å². The van der Waals surface area contributed by atoms with Crippen LogP contribution in [-0.2, 0) is 15.9 Å². The average Bonchev–Trinajstić information content (AvgIpc) is 2.39. The Hall–Kier alpha value is -0.610. The summed E-state index contributed by atoms with van der Waals surface area (Å²) in [4.78, 5) is 0. The molecule has 0 bridgehead atoms. The largest absolute Gasteiger partial charge is 0.381 e. The van der Waals surface area contributed by atoms with Gasteiger partial charge in [-0.2, -0.15) is 0 Å². The number of halogens is 1. The van der Waals surface area contributed by atoms with Gasteiger partial charge in [0.2, 0.25) is 0 Å². The molecule has 2 N–H and O–H groups in total. The Morgan fingerprint density at radius 2 is 2.17 bits per heavy atom. The highest BCUT2D eigenvalue weighted by Crippen LogP contribution is 2.29. The molecule has 1 aromatic carbocycles. The van der Waals surface area contributed by atoms with Gasteiger partial charge in [-0.15, -0.1) is 0 Å².